The van der Waals surface area contributed by atoms with Gasteiger partial charge in [0.15, 0.2) is 5.11 Å². The second-order valence-corrected chi connectivity index (χ2v) is 9.76. The predicted octanol–water partition coefficient (Wildman–Crippen LogP) is 3.18. The minimum atomic E-state index is -0.328. The van der Waals surface area contributed by atoms with Crippen LogP contribution in [-0.2, 0) is 4.79 Å². The summed E-state index contributed by atoms with van der Waals surface area (Å²) in [6, 6.07) is 11.4. The third-order valence-corrected chi connectivity index (χ3v) is 7.63. The molecule has 1 saturated carbocycles. The minimum absolute atomic E-state index is 0.0384. The van der Waals surface area contributed by atoms with Crippen LogP contribution in [0.15, 0.2) is 36.4 Å². The predicted molar refractivity (Wildman–Crippen MR) is 135 cm³/mol. The number of nitrogens with zero attached hydrogens (tertiary/aromatic N) is 3. The Morgan fingerprint density at radius 2 is 1.47 bits per heavy atom. The topological polar surface area (TPSA) is 73.0 Å². The Labute approximate surface area is 205 Å². The summed E-state index contributed by atoms with van der Waals surface area (Å²) in [5.74, 6) is -0.694. The van der Waals surface area contributed by atoms with E-state index in [1.807, 2.05) is 29.2 Å². The number of hydrogen-bond donors (Lipinski definition) is 1. The minimum Gasteiger partial charge on any atom is -0.360 e. The van der Waals surface area contributed by atoms with Crippen LogP contribution >= 0.6 is 12.2 Å². The van der Waals surface area contributed by atoms with E-state index in [9.17, 15) is 14.4 Å². The number of imide groups is 1. The van der Waals surface area contributed by atoms with Gasteiger partial charge in [-0.15, -0.1) is 0 Å². The van der Waals surface area contributed by atoms with E-state index in [0.29, 0.717) is 48.7 Å². The summed E-state index contributed by atoms with van der Waals surface area (Å²) >= 11 is 5.61. The van der Waals surface area contributed by atoms with E-state index in [-0.39, 0.29) is 30.7 Å². The van der Waals surface area contributed by atoms with Crippen LogP contribution < -0.4 is 5.32 Å². The summed E-state index contributed by atoms with van der Waals surface area (Å²) in [6.07, 6.45) is 6.29. The fourth-order valence-corrected chi connectivity index (χ4v) is 5.67. The monoisotopic (exact) mass is 478 g/mol. The highest BCUT2D eigenvalue weighted by Crippen LogP contribution is 2.30. The summed E-state index contributed by atoms with van der Waals surface area (Å²) in [5, 5.41) is 5.87. The summed E-state index contributed by atoms with van der Waals surface area (Å²) in [7, 11) is 0. The Bertz CT molecular complexity index is 1090. The van der Waals surface area contributed by atoms with E-state index in [4.69, 9.17) is 12.2 Å². The maximum absolute atomic E-state index is 13.0. The molecular weight excluding hydrogens is 448 g/mol. The Morgan fingerprint density at radius 3 is 2.09 bits per heavy atom. The van der Waals surface area contributed by atoms with Crippen LogP contribution in [0.1, 0.15) is 59.2 Å². The molecule has 2 heterocycles. The molecule has 8 heteroatoms. The van der Waals surface area contributed by atoms with Gasteiger partial charge in [-0.25, -0.2) is 0 Å². The van der Waals surface area contributed by atoms with Gasteiger partial charge >= 0.3 is 0 Å². The molecule has 2 aliphatic heterocycles. The standard InChI is InChI=1S/C26H30N4O3S/c31-22(28-14-16-29(17-15-28)26(34)27-19-8-2-1-3-9-19)12-13-30-24(32)20-10-4-6-18-7-5-11-21(23(18)20)25(30)33/h4-7,10-11,19H,1-3,8-9,12-17H2,(H,27,34). The van der Waals surface area contributed by atoms with Crippen molar-refractivity contribution in [2.75, 3.05) is 32.7 Å². The maximum Gasteiger partial charge on any atom is 0.261 e. The van der Waals surface area contributed by atoms with Crippen molar-refractivity contribution in [3.63, 3.8) is 0 Å². The van der Waals surface area contributed by atoms with Gasteiger partial charge in [-0.05, 0) is 42.6 Å². The van der Waals surface area contributed by atoms with Gasteiger partial charge in [0.1, 0.15) is 0 Å². The van der Waals surface area contributed by atoms with Gasteiger partial charge < -0.3 is 15.1 Å². The highest BCUT2D eigenvalue weighted by molar-refractivity contribution is 7.80. The fourth-order valence-electron chi connectivity index (χ4n) is 5.32. The Morgan fingerprint density at radius 1 is 0.882 bits per heavy atom. The Balaban J connectivity index is 1.15. The second kappa shape index (κ2) is 9.70. The van der Waals surface area contributed by atoms with E-state index in [2.05, 4.69) is 10.2 Å². The van der Waals surface area contributed by atoms with Gasteiger partial charge in [-0.2, -0.15) is 0 Å². The van der Waals surface area contributed by atoms with E-state index in [1.165, 1.54) is 37.0 Å². The van der Waals surface area contributed by atoms with Crippen LogP contribution in [0.4, 0.5) is 0 Å². The van der Waals surface area contributed by atoms with Crippen molar-refractivity contribution in [3.8, 4) is 0 Å². The van der Waals surface area contributed by atoms with Crippen LogP contribution in [0.25, 0.3) is 10.8 Å². The van der Waals surface area contributed by atoms with Crippen molar-refractivity contribution in [1.82, 2.24) is 20.0 Å². The van der Waals surface area contributed by atoms with Crippen LogP contribution in [-0.4, -0.2) is 76.3 Å². The molecule has 1 saturated heterocycles. The first-order chi connectivity index (χ1) is 16.5. The van der Waals surface area contributed by atoms with Crippen LogP contribution in [0.2, 0.25) is 0 Å². The Hall–Kier alpha value is -3.00. The van der Waals surface area contributed by atoms with Crippen molar-refractivity contribution < 1.29 is 14.4 Å². The molecule has 0 atom stereocenters. The molecule has 0 radical (unpaired) electrons. The van der Waals surface area contributed by atoms with Gasteiger partial charge in [0.2, 0.25) is 5.91 Å². The lowest BCUT2D eigenvalue weighted by Gasteiger charge is -2.38. The SMILES string of the molecule is O=C(CCN1C(=O)c2cccc3cccc(c23)C1=O)N1CCN(C(=S)NC2CCCCC2)CC1. The van der Waals surface area contributed by atoms with Gasteiger partial charge in [-0.1, -0.05) is 43.5 Å². The fraction of sp³-hybridized carbons (Fsp3) is 0.462. The molecule has 2 fully saturated rings. The van der Waals surface area contributed by atoms with Crippen LogP contribution in [0.5, 0.6) is 0 Å². The molecule has 0 unspecified atom stereocenters. The van der Waals surface area contributed by atoms with Crippen LogP contribution in [0, 0.1) is 0 Å². The number of carbonyl (C=O) groups is 3. The third-order valence-electron chi connectivity index (χ3n) is 7.26. The smallest absolute Gasteiger partial charge is 0.261 e. The van der Waals surface area contributed by atoms with E-state index >= 15 is 0 Å². The molecule has 0 spiro atoms. The van der Waals surface area contributed by atoms with Gasteiger partial charge in [-0.3, -0.25) is 19.3 Å². The average Bonchev–Trinajstić information content (AvgIpc) is 2.87. The lowest BCUT2D eigenvalue weighted by Crippen LogP contribution is -2.55. The van der Waals surface area contributed by atoms with Gasteiger partial charge in [0, 0.05) is 61.7 Å². The molecule has 0 aromatic heterocycles. The molecule has 1 aliphatic carbocycles. The molecule has 7 nitrogen and oxygen atoms in total. The zero-order chi connectivity index (χ0) is 23.7. The molecule has 34 heavy (non-hydrogen) atoms. The van der Waals surface area contributed by atoms with E-state index in [0.717, 1.165) is 10.5 Å². The first kappa shape index (κ1) is 22.8. The van der Waals surface area contributed by atoms with Crippen molar-refractivity contribution in [1.29, 1.82) is 0 Å². The molecule has 178 valence electrons. The summed E-state index contributed by atoms with van der Waals surface area (Å²) in [6.45, 7) is 2.66. The Kier molecular flexibility index (Phi) is 6.50. The van der Waals surface area contributed by atoms with Gasteiger partial charge in [0.05, 0.1) is 0 Å². The lowest BCUT2D eigenvalue weighted by atomic mass is 9.94. The second-order valence-electron chi connectivity index (χ2n) is 9.37. The molecule has 3 amide bonds. The molecular formula is C26H30N4O3S. The number of nitrogens with one attached hydrogen (secondary N) is 1. The molecule has 5 rings (SSSR count). The molecule has 3 aliphatic rings. The first-order valence-electron chi connectivity index (χ1n) is 12.2. The zero-order valence-electron chi connectivity index (χ0n) is 19.3. The first-order valence-corrected chi connectivity index (χ1v) is 12.6. The number of amides is 3. The maximum atomic E-state index is 13.0. The third kappa shape index (κ3) is 4.39. The van der Waals surface area contributed by atoms with Crippen molar-refractivity contribution in [2.45, 2.75) is 44.6 Å². The molecule has 2 aromatic carbocycles. The number of hydrogen-bond acceptors (Lipinski definition) is 4. The van der Waals surface area contributed by atoms with E-state index in [1.54, 1.807) is 12.1 Å². The number of piperazine rings is 1. The largest absolute Gasteiger partial charge is 0.360 e. The summed E-state index contributed by atoms with van der Waals surface area (Å²) in [4.78, 5) is 44.1. The number of benzene rings is 2. The number of rotatable bonds is 4. The highest BCUT2D eigenvalue weighted by atomic mass is 32.1. The quantitative estimate of drug-likeness (QED) is 0.538. The number of thiocarbonyl (C=S) groups is 1. The van der Waals surface area contributed by atoms with Crippen LogP contribution in [0.3, 0.4) is 0 Å². The normalized spacial score (nSPS) is 19.0. The zero-order valence-corrected chi connectivity index (χ0v) is 20.1. The van der Waals surface area contributed by atoms with Crippen molar-refractivity contribution >= 4 is 45.8 Å². The van der Waals surface area contributed by atoms with Crippen molar-refractivity contribution in [2.24, 2.45) is 0 Å². The average molecular weight is 479 g/mol. The lowest BCUT2D eigenvalue weighted by molar-refractivity contribution is -0.132. The highest BCUT2D eigenvalue weighted by Gasteiger charge is 2.33. The number of carbonyl (C=O) groups excluding carboxylic acids is 3. The molecule has 2 aromatic rings. The van der Waals surface area contributed by atoms with Crippen molar-refractivity contribution in [3.05, 3.63) is 47.5 Å². The molecule has 1 N–H and O–H groups in total. The summed E-state index contributed by atoms with van der Waals surface area (Å²) in [5.41, 5.74) is 1.04. The van der Waals surface area contributed by atoms with E-state index < -0.39 is 0 Å². The summed E-state index contributed by atoms with van der Waals surface area (Å²) < 4.78 is 0. The molecule has 0 bridgehead atoms. The van der Waals surface area contributed by atoms with Gasteiger partial charge in [0.25, 0.3) is 11.8 Å².